The highest BCUT2D eigenvalue weighted by Gasteiger charge is 2.25. The van der Waals surface area contributed by atoms with Gasteiger partial charge in [-0.15, -0.1) is 12.6 Å². The van der Waals surface area contributed by atoms with E-state index in [1.165, 1.54) is 18.2 Å². The summed E-state index contributed by atoms with van der Waals surface area (Å²) in [5, 5.41) is 2.90. The van der Waals surface area contributed by atoms with Gasteiger partial charge >= 0.3 is 0 Å². The number of carbonyl (C=O) groups is 1. The third-order valence-corrected chi connectivity index (χ3v) is 3.65. The molecule has 2 unspecified atom stereocenters. The van der Waals surface area contributed by atoms with Gasteiger partial charge in [0.1, 0.15) is 5.82 Å². The molecule has 2 atom stereocenters. The molecule has 1 N–H and O–H groups in total. The number of nitrogens with one attached hydrogen (secondary N) is 1. The maximum atomic E-state index is 13.5. The lowest BCUT2D eigenvalue weighted by Crippen LogP contribution is -2.36. The molecule has 4 heteroatoms. The van der Waals surface area contributed by atoms with Crippen molar-refractivity contribution in [2.45, 2.75) is 37.1 Å². The molecule has 1 amide bonds. The molecule has 0 spiro atoms. The molecule has 1 aliphatic carbocycles. The summed E-state index contributed by atoms with van der Waals surface area (Å²) in [6.07, 6.45) is 3.23. The standard InChI is InChI=1S/C13H16FNOS/c1-8-3-2-4-12(8)15-13(16)10-7-9(17)5-6-11(10)14/h5-8,12,17H,2-4H2,1H3,(H,15,16). The molecule has 1 saturated carbocycles. The van der Waals surface area contributed by atoms with Crippen LogP contribution in [0.3, 0.4) is 0 Å². The van der Waals surface area contributed by atoms with Gasteiger partial charge in [-0.2, -0.15) is 0 Å². The largest absolute Gasteiger partial charge is 0.349 e. The van der Waals surface area contributed by atoms with Gasteiger partial charge in [0.2, 0.25) is 0 Å². The molecule has 0 aromatic heterocycles. The van der Waals surface area contributed by atoms with E-state index in [4.69, 9.17) is 0 Å². The van der Waals surface area contributed by atoms with Crippen LogP contribution in [-0.4, -0.2) is 11.9 Å². The molecule has 1 aromatic rings. The van der Waals surface area contributed by atoms with Crippen LogP contribution >= 0.6 is 12.6 Å². The van der Waals surface area contributed by atoms with E-state index in [0.717, 1.165) is 19.3 Å². The van der Waals surface area contributed by atoms with Crippen LogP contribution in [0.15, 0.2) is 23.1 Å². The molecule has 0 bridgehead atoms. The van der Waals surface area contributed by atoms with Gasteiger partial charge in [-0.1, -0.05) is 13.3 Å². The number of carbonyl (C=O) groups excluding carboxylic acids is 1. The lowest BCUT2D eigenvalue weighted by molar-refractivity contribution is 0.0925. The van der Waals surface area contributed by atoms with Crippen LogP contribution < -0.4 is 5.32 Å². The van der Waals surface area contributed by atoms with Crippen LogP contribution in [0, 0.1) is 11.7 Å². The van der Waals surface area contributed by atoms with Crippen molar-refractivity contribution < 1.29 is 9.18 Å². The second kappa shape index (κ2) is 5.08. The zero-order chi connectivity index (χ0) is 12.4. The zero-order valence-electron chi connectivity index (χ0n) is 9.74. The molecule has 2 rings (SSSR count). The molecule has 1 aromatic carbocycles. The van der Waals surface area contributed by atoms with E-state index in [2.05, 4.69) is 24.9 Å². The van der Waals surface area contributed by atoms with Crippen molar-refractivity contribution in [2.24, 2.45) is 5.92 Å². The fourth-order valence-corrected chi connectivity index (χ4v) is 2.50. The quantitative estimate of drug-likeness (QED) is 0.779. The van der Waals surface area contributed by atoms with Crippen molar-refractivity contribution >= 4 is 18.5 Å². The Balaban J connectivity index is 2.11. The maximum absolute atomic E-state index is 13.5. The summed E-state index contributed by atoms with van der Waals surface area (Å²) in [6.45, 7) is 2.11. The molecule has 92 valence electrons. The summed E-state index contributed by atoms with van der Waals surface area (Å²) in [5.74, 6) is -0.357. The summed E-state index contributed by atoms with van der Waals surface area (Å²) in [4.78, 5) is 12.5. The summed E-state index contributed by atoms with van der Waals surface area (Å²) < 4.78 is 13.5. The number of hydrogen-bond acceptors (Lipinski definition) is 2. The predicted molar refractivity (Wildman–Crippen MR) is 67.9 cm³/mol. The Kier molecular flexibility index (Phi) is 3.72. The highest BCUT2D eigenvalue weighted by atomic mass is 32.1. The van der Waals surface area contributed by atoms with Crippen LogP contribution in [0.5, 0.6) is 0 Å². The monoisotopic (exact) mass is 253 g/mol. The fraction of sp³-hybridized carbons (Fsp3) is 0.462. The number of thiol groups is 1. The molecule has 0 heterocycles. The normalized spacial score (nSPS) is 23.7. The van der Waals surface area contributed by atoms with Gasteiger partial charge in [0.25, 0.3) is 5.91 Å². The maximum Gasteiger partial charge on any atom is 0.254 e. The highest BCUT2D eigenvalue weighted by molar-refractivity contribution is 7.80. The molecule has 1 aliphatic rings. The van der Waals surface area contributed by atoms with E-state index in [9.17, 15) is 9.18 Å². The number of rotatable bonds is 2. The first kappa shape index (κ1) is 12.4. The van der Waals surface area contributed by atoms with Gasteiger partial charge in [0.15, 0.2) is 0 Å². The minimum absolute atomic E-state index is 0.0802. The predicted octanol–water partition coefficient (Wildman–Crippen LogP) is 3.03. The van der Waals surface area contributed by atoms with Gasteiger partial charge in [0, 0.05) is 10.9 Å². The summed E-state index contributed by atoms with van der Waals surface area (Å²) >= 11 is 4.12. The highest BCUT2D eigenvalue weighted by Crippen LogP contribution is 2.25. The second-order valence-corrected chi connectivity index (χ2v) is 5.17. The number of hydrogen-bond donors (Lipinski definition) is 2. The van der Waals surface area contributed by atoms with Gasteiger partial charge in [-0.05, 0) is 37.0 Å². The molecule has 0 aliphatic heterocycles. The summed E-state index contributed by atoms with van der Waals surface area (Å²) in [5.41, 5.74) is 0.0802. The topological polar surface area (TPSA) is 29.1 Å². The Bertz CT molecular complexity index is 435. The third kappa shape index (κ3) is 2.80. The van der Waals surface area contributed by atoms with E-state index in [0.29, 0.717) is 10.8 Å². The third-order valence-electron chi connectivity index (χ3n) is 3.37. The van der Waals surface area contributed by atoms with E-state index >= 15 is 0 Å². The van der Waals surface area contributed by atoms with Gasteiger partial charge < -0.3 is 5.32 Å². The number of halogens is 1. The van der Waals surface area contributed by atoms with Crippen molar-refractivity contribution in [1.82, 2.24) is 5.32 Å². The Labute approximate surface area is 106 Å². The smallest absolute Gasteiger partial charge is 0.254 e. The average molecular weight is 253 g/mol. The van der Waals surface area contributed by atoms with Crippen LogP contribution in [-0.2, 0) is 0 Å². The fourth-order valence-electron chi connectivity index (χ4n) is 2.29. The molecule has 1 fully saturated rings. The zero-order valence-corrected chi connectivity index (χ0v) is 10.6. The van der Waals surface area contributed by atoms with Crippen LogP contribution in [0.4, 0.5) is 4.39 Å². The lowest BCUT2D eigenvalue weighted by Gasteiger charge is -2.17. The van der Waals surface area contributed by atoms with Crippen LogP contribution in [0.1, 0.15) is 36.5 Å². The van der Waals surface area contributed by atoms with E-state index in [1.54, 1.807) is 0 Å². The molecule has 0 saturated heterocycles. The van der Waals surface area contributed by atoms with E-state index < -0.39 is 5.82 Å². The van der Waals surface area contributed by atoms with Crippen molar-refractivity contribution in [3.05, 3.63) is 29.6 Å². The number of benzene rings is 1. The van der Waals surface area contributed by atoms with Crippen LogP contribution in [0.2, 0.25) is 0 Å². The first-order valence-electron chi connectivity index (χ1n) is 5.87. The molecular formula is C13H16FNOS. The summed E-state index contributed by atoms with van der Waals surface area (Å²) in [6, 6.07) is 4.45. The van der Waals surface area contributed by atoms with Crippen molar-refractivity contribution in [2.75, 3.05) is 0 Å². The second-order valence-electron chi connectivity index (χ2n) is 4.65. The van der Waals surface area contributed by atoms with Crippen molar-refractivity contribution in [3.8, 4) is 0 Å². The van der Waals surface area contributed by atoms with Gasteiger partial charge in [-0.3, -0.25) is 4.79 Å². The van der Waals surface area contributed by atoms with E-state index in [-0.39, 0.29) is 17.5 Å². The Morgan fingerprint density at radius 3 is 2.88 bits per heavy atom. The first-order chi connectivity index (χ1) is 8.08. The molecule has 0 radical (unpaired) electrons. The first-order valence-corrected chi connectivity index (χ1v) is 6.32. The van der Waals surface area contributed by atoms with Crippen LogP contribution in [0.25, 0.3) is 0 Å². The average Bonchev–Trinajstić information content (AvgIpc) is 2.68. The minimum Gasteiger partial charge on any atom is -0.349 e. The Morgan fingerprint density at radius 2 is 2.24 bits per heavy atom. The van der Waals surface area contributed by atoms with Crippen molar-refractivity contribution in [1.29, 1.82) is 0 Å². The minimum atomic E-state index is -0.494. The molecular weight excluding hydrogens is 237 g/mol. The van der Waals surface area contributed by atoms with Gasteiger partial charge in [0.05, 0.1) is 5.56 Å². The molecule has 17 heavy (non-hydrogen) atoms. The lowest BCUT2D eigenvalue weighted by atomic mass is 10.1. The molecule has 2 nitrogen and oxygen atoms in total. The SMILES string of the molecule is CC1CCCC1NC(=O)c1cc(S)ccc1F. The summed E-state index contributed by atoms with van der Waals surface area (Å²) in [7, 11) is 0. The Morgan fingerprint density at radius 1 is 1.47 bits per heavy atom. The Hall–Kier alpha value is -1.03. The van der Waals surface area contributed by atoms with Gasteiger partial charge in [-0.25, -0.2) is 4.39 Å². The van der Waals surface area contributed by atoms with E-state index in [1.807, 2.05) is 0 Å². The number of amides is 1. The van der Waals surface area contributed by atoms with Crippen molar-refractivity contribution in [3.63, 3.8) is 0 Å².